The molecule has 1 aromatic carbocycles. The number of esters is 1. The first kappa shape index (κ1) is 22.2. The number of carbonyl (C=O) groups excluding carboxylic acids is 1. The van der Waals surface area contributed by atoms with Crippen LogP contribution < -0.4 is 4.74 Å². The lowest BCUT2D eigenvalue weighted by atomic mass is 10.0. The fourth-order valence-corrected chi connectivity index (χ4v) is 4.13. The van der Waals surface area contributed by atoms with E-state index in [0.29, 0.717) is 5.75 Å². The Kier molecular flexibility index (Phi) is 7.03. The smallest absolute Gasteiger partial charge is 0.330 e. The molecule has 2 heterocycles. The Morgan fingerprint density at radius 2 is 2.03 bits per heavy atom. The van der Waals surface area contributed by atoms with Crippen LogP contribution >= 0.6 is 11.3 Å². The number of rotatable bonds is 10. The number of aryl methyl sites for hydroxylation is 1. The van der Waals surface area contributed by atoms with Crippen molar-refractivity contribution in [3.05, 3.63) is 53.9 Å². The van der Waals surface area contributed by atoms with Crippen LogP contribution in [0.5, 0.6) is 5.75 Å². The summed E-state index contributed by atoms with van der Waals surface area (Å²) in [5.41, 5.74) is -0.0174. The van der Waals surface area contributed by atoms with Crippen LogP contribution in [0.3, 0.4) is 0 Å². The Bertz CT molecular complexity index is 1010. The number of benzene rings is 1. The quantitative estimate of drug-likeness (QED) is 0.196. The van der Waals surface area contributed by atoms with Crippen molar-refractivity contribution in [3.63, 3.8) is 0 Å². The summed E-state index contributed by atoms with van der Waals surface area (Å²) in [5.74, 6) is 1.08. The van der Waals surface area contributed by atoms with Gasteiger partial charge in [0.1, 0.15) is 28.8 Å². The summed E-state index contributed by atoms with van der Waals surface area (Å²) < 4.78 is 17.6. The molecule has 5 heteroatoms. The number of unbranched alkanes of at least 4 members (excludes halogenated alkanes) is 2. The van der Waals surface area contributed by atoms with Crippen molar-refractivity contribution in [3.8, 4) is 16.4 Å². The number of fused-ring (bicyclic) bond motifs is 1. The number of hydrogen-bond acceptors (Lipinski definition) is 5. The van der Waals surface area contributed by atoms with Crippen LogP contribution in [0.25, 0.3) is 21.6 Å². The third kappa shape index (κ3) is 5.33. The fraction of sp³-hybridized carbons (Fsp3) is 0.400. The zero-order chi connectivity index (χ0) is 21.7. The summed E-state index contributed by atoms with van der Waals surface area (Å²) in [4.78, 5) is 14.1. The minimum atomic E-state index is -0.792. The van der Waals surface area contributed by atoms with Gasteiger partial charge in [-0.15, -0.1) is 11.3 Å². The minimum Gasteiger partial charge on any atom is -0.486 e. The van der Waals surface area contributed by atoms with E-state index in [2.05, 4.69) is 31.7 Å². The van der Waals surface area contributed by atoms with Crippen LogP contribution in [0.1, 0.15) is 51.8 Å². The lowest BCUT2D eigenvalue weighted by Gasteiger charge is -2.31. The van der Waals surface area contributed by atoms with E-state index in [1.54, 1.807) is 11.3 Å². The predicted octanol–water partition coefficient (Wildman–Crippen LogP) is 7.17. The summed E-state index contributed by atoms with van der Waals surface area (Å²) in [6.45, 7) is 11.2. The fourth-order valence-electron chi connectivity index (χ4n) is 3.13. The summed E-state index contributed by atoms with van der Waals surface area (Å²) in [7, 11) is 0. The van der Waals surface area contributed by atoms with Gasteiger partial charge in [0.15, 0.2) is 0 Å². The molecule has 0 N–H and O–H groups in total. The van der Waals surface area contributed by atoms with Gasteiger partial charge in [-0.2, -0.15) is 0 Å². The van der Waals surface area contributed by atoms with Crippen molar-refractivity contribution in [2.45, 2.75) is 65.1 Å². The van der Waals surface area contributed by atoms with E-state index in [1.807, 2.05) is 39.0 Å². The molecule has 1 atom stereocenters. The molecule has 3 rings (SSSR count). The summed E-state index contributed by atoms with van der Waals surface area (Å²) in [5, 5.41) is 1.03. The molecule has 4 nitrogen and oxygen atoms in total. The van der Waals surface area contributed by atoms with Crippen LogP contribution in [0.15, 0.2) is 53.5 Å². The van der Waals surface area contributed by atoms with Crippen molar-refractivity contribution >= 4 is 28.3 Å². The molecule has 0 amide bonds. The van der Waals surface area contributed by atoms with E-state index in [9.17, 15) is 4.79 Å². The lowest BCUT2D eigenvalue weighted by molar-refractivity contribution is -0.158. The van der Waals surface area contributed by atoms with Gasteiger partial charge in [-0.1, -0.05) is 26.3 Å². The zero-order valence-electron chi connectivity index (χ0n) is 18.2. The number of carbonyl (C=O) groups is 1. The van der Waals surface area contributed by atoms with E-state index in [0.717, 1.165) is 34.1 Å². The maximum atomic E-state index is 11.6. The number of ether oxygens (including phenoxy) is 2. The van der Waals surface area contributed by atoms with Gasteiger partial charge in [-0.05, 0) is 63.9 Å². The van der Waals surface area contributed by atoms with Crippen molar-refractivity contribution < 1.29 is 18.7 Å². The molecule has 3 aromatic rings. The second-order valence-electron chi connectivity index (χ2n) is 8.02. The van der Waals surface area contributed by atoms with Crippen molar-refractivity contribution in [2.75, 3.05) is 0 Å². The Labute approximate surface area is 182 Å². The predicted molar refractivity (Wildman–Crippen MR) is 123 cm³/mol. The molecule has 0 saturated carbocycles. The Morgan fingerprint density at radius 3 is 2.77 bits per heavy atom. The van der Waals surface area contributed by atoms with Crippen LogP contribution in [0.2, 0.25) is 0 Å². The minimum absolute atomic E-state index is 0.351. The largest absolute Gasteiger partial charge is 0.486 e. The van der Waals surface area contributed by atoms with E-state index in [4.69, 9.17) is 13.9 Å². The first-order valence-corrected chi connectivity index (χ1v) is 11.3. The average molecular weight is 427 g/mol. The third-order valence-corrected chi connectivity index (χ3v) is 6.40. The van der Waals surface area contributed by atoms with Crippen LogP contribution in [-0.4, -0.2) is 17.7 Å². The monoisotopic (exact) mass is 426 g/mol. The number of furan rings is 1. The maximum absolute atomic E-state index is 11.6. The molecule has 30 heavy (non-hydrogen) atoms. The molecular formula is C25H30O4S. The summed E-state index contributed by atoms with van der Waals surface area (Å²) in [6.07, 6.45) is 5.66. The molecule has 0 spiro atoms. The highest BCUT2D eigenvalue weighted by molar-refractivity contribution is 7.15. The highest BCUT2D eigenvalue weighted by atomic mass is 32.1. The van der Waals surface area contributed by atoms with Gasteiger partial charge in [0.2, 0.25) is 0 Å². The summed E-state index contributed by atoms with van der Waals surface area (Å²) in [6, 6.07) is 12.2. The standard InChI is InChI=1S/C25H30O4S/c1-6-8-9-10-20-13-14-23(30-20)22-15-18-11-12-19(16-21(18)28-22)27-17(3)25(4,5)29-24(26)7-2/h7,11-17H,2,6,8-10H2,1,3-5H3. The maximum Gasteiger partial charge on any atom is 0.330 e. The number of hydrogen-bond donors (Lipinski definition) is 0. The SMILES string of the molecule is C=CC(=O)OC(C)(C)C(C)Oc1ccc2cc(-c3ccc(CCCCC)s3)oc2c1. The van der Waals surface area contributed by atoms with E-state index in [1.165, 1.54) is 24.1 Å². The molecule has 0 bridgehead atoms. The molecular weight excluding hydrogens is 396 g/mol. The third-order valence-electron chi connectivity index (χ3n) is 5.24. The van der Waals surface area contributed by atoms with Gasteiger partial charge >= 0.3 is 5.97 Å². The molecule has 0 saturated heterocycles. The Morgan fingerprint density at radius 1 is 1.23 bits per heavy atom. The first-order chi connectivity index (χ1) is 14.3. The molecule has 2 aromatic heterocycles. The van der Waals surface area contributed by atoms with Crippen molar-refractivity contribution in [1.29, 1.82) is 0 Å². The zero-order valence-corrected chi connectivity index (χ0v) is 19.0. The highest BCUT2D eigenvalue weighted by Crippen LogP contribution is 2.35. The second-order valence-corrected chi connectivity index (χ2v) is 9.19. The first-order valence-electron chi connectivity index (χ1n) is 10.5. The molecule has 0 radical (unpaired) electrons. The second kappa shape index (κ2) is 9.52. The van der Waals surface area contributed by atoms with Crippen molar-refractivity contribution in [2.24, 2.45) is 0 Å². The average Bonchev–Trinajstić information content (AvgIpc) is 3.34. The molecule has 0 fully saturated rings. The van der Waals surface area contributed by atoms with Crippen LogP contribution in [0, 0.1) is 0 Å². The Balaban J connectivity index is 1.73. The van der Waals surface area contributed by atoms with Gasteiger partial charge in [0.05, 0.1) is 4.88 Å². The van der Waals surface area contributed by atoms with Crippen molar-refractivity contribution in [1.82, 2.24) is 0 Å². The summed E-state index contributed by atoms with van der Waals surface area (Å²) >= 11 is 1.80. The van der Waals surface area contributed by atoms with E-state index < -0.39 is 11.6 Å². The lowest BCUT2D eigenvalue weighted by Crippen LogP contribution is -2.42. The van der Waals surface area contributed by atoms with Gasteiger partial charge in [-0.25, -0.2) is 4.79 Å². The van der Waals surface area contributed by atoms with Gasteiger partial charge < -0.3 is 13.9 Å². The topological polar surface area (TPSA) is 48.7 Å². The molecule has 160 valence electrons. The Hall–Kier alpha value is -2.53. The molecule has 1 unspecified atom stereocenters. The van der Waals surface area contributed by atoms with Gasteiger partial charge in [-0.3, -0.25) is 0 Å². The van der Waals surface area contributed by atoms with Gasteiger partial charge in [0.25, 0.3) is 0 Å². The molecule has 0 aliphatic heterocycles. The van der Waals surface area contributed by atoms with Crippen LogP contribution in [-0.2, 0) is 16.0 Å². The number of thiophene rings is 1. The van der Waals surface area contributed by atoms with Crippen LogP contribution in [0.4, 0.5) is 0 Å². The van der Waals surface area contributed by atoms with E-state index >= 15 is 0 Å². The molecule has 0 aliphatic carbocycles. The molecule has 0 aliphatic rings. The van der Waals surface area contributed by atoms with E-state index in [-0.39, 0.29) is 6.10 Å². The highest BCUT2D eigenvalue weighted by Gasteiger charge is 2.31. The normalized spacial score (nSPS) is 12.7. The van der Waals surface area contributed by atoms with Gasteiger partial charge in [0, 0.05) is 22.4 Å².